The van der Waals surface area contributed by atoms with Crippen molar-refractivity contribution in [2.45, 2.75) is 36.2 Å². The van der Waals surface area contributed by atoms with Gasteiger partial charge in [0.15, 0.2) is 6.61 Å². The third-order valence-electron chi connectivity index (χ3n) is 5.82. The zero-order valence-electron chi connectivity index (χ0n) is 21.5. The number of aromatic carboxylic acids is 1. The molecule has 0 unspecified atom stereocenters. The molecule has 3 N–H and O–H groups in total. The second kappa shape index (κ2) is 13.6. The van der Waals surface area contributed by atoms with Crippen molar-refractivity contribution in [2.24, 2.45) is 0 Å². The van der Waals surface area contributed by atoms with E-state index in [1.807, 2.05) is 0 Å². The summed E-state index contributed by atoms with van der Waals surface area (Å²) in [5, 5.41) is 23.7. The standard InChI is InChI=1S/C28H30ClNO8S/c1-3-37-26(32)17-38-27-18(2)13-23(15-24(27)28(33)34)39(35,36)22-9-7-19(8-10-22)11-12-30-16-25(31)20-5-4-6-21(29)14-20/h4-10,13-15,25,30-31H,3,11-12,16-17H2,1-2H3,(H,33,34)/t25-/m0/s1. The molecule has 3 rings (SSSR count). The number of hydrogen-bond acceptors (Lipinski definition) is 8. The molecule has 3 aromatic carbocycles. The highest BCUT2D eigenvalue weighted by atomic mass is 35.5. The number of carbonyl (C=O) groups excluding carboxylic acids is 1. The lowest BCUT2D eigenvalue weighted by Gasteiger charge is -2.14. The van der Waals surface area contributed by atoms with Crippen LogP contribution in [0, 0.1) is 6.92 Å². The molecule has 0 heterocycles. The molecule has 0 aromatic heterocycles. The fraction of sp³-hybridized carbons (Fsp3) is 0.286. The Labute approximate surface area is 232 Å². The maximum Gasteiger partial charge on any atom is 0.344 e. The van der Waals surface area contributed by atoms with Crippen molar-refractivity contribution in [3.8, 4) is 5.75 Å². The molecular formula is C28H30ClNO8S. The van der Waals surface area contributed by atoms with Gasteiger partial charge in [-0.3, -0.25) is 0 Å². The highest BCUT2D eigenvalue weighted by Crippen LogP contribution is 2.31. The minimum Gasteiger partial charge on any atom is -0.481 e. The molecule has 0 saturated carbocycles. The lowest BCUT2D eigenvalue weighted by molar-refractivity contribution is -0.145. The summed E-state index contributed by atoms with van der Waals surface area (Å²) in [6.07, 6.45) is -0.116. The van der Waals surface area contributed by atoms with E-state index in [0.717, 1.165) is 11.6 Å². The first-order valence-electron chi connectivity index (χ1n) is 12.2. The SMILES string of the molecule is CCOC(=O)COc1c(C)cc(S(=O)(=O)c2ccc(CCNC[C@H](O)c3cccc(Cl)c3)cc2)cc1C(=O)O. The van der Waals surface area contributed by atoms with Crippen molar-refractivity contribution in [3.63, 3.8) is 0 Å². The van der Waals surface area contributed by atoms with Gasteiger partial charge < -0.3 is 25.0 Å². The number of ether oxygens (including phenoxy) is 2. The molecule has 0 spiro atoms. The van der Waals surface area contributed by atoms with E-state index in [9.17, 15) is 28.2 Å². The number of halogens is 1. The van der Waals surface area contributed by atoms with Crippen LogP contribution < -0.4 is 10.1 Å². The van der Waals surface area contributed by atoms with Crippen LogP contribution in [0.15, 0.2) is 70.5 Å². The molecular weight excluding hydrogens is 546 g/mol. The Balaban J connectivity index is 1.67. The first-order valence-corrected chi connectivity index (χ1v) is 14.0. The number of aliphatic hydroxyl groups is 1. The van der Waals surface area contributed by atoms with Crippen LogP contribution in [0.3, 0.4) is 0 Å². The zero-order chi connectivity index (χ0) is 28.6. The van der Waals surface area contributed by atoms with E-state index in [0.29, 0.717) is 30.1 Å². The molecule has 208 valence electrons. The number of rotatable bonds is 13. The van der Waals surface area contributed by atoms with E-state index in [1.165, 1.54) is 25.1 Å². The topological polar surface area (TPSA) is 139 Å². The van der Waals surface area contributed by atoms with E-state index in [-0.39, 0.29) is 33.3 Å². The van der Waals surface area contributed by atoms with Gasteiger partial charge in [-0.15, -0.1) is 0 Å². The third kappa shape index (κ3) is 8.03. The first-order chi connectivity index (χ1) is 18.5. The second-order valence-corrected chi connectivity index (χ2v) is 11.1. The molecule has 3 aromatic rings. The summed E-state index contributed by atoms with van der Waals surface area (Å²) in [6.45, 7) is 3.66. The van der Waals surface area contributed by atoms with Crippen molar-refractivity contribution in [2.75, 3.05) is 26.3 Å². The van der Waals surface area contributed by atoms with Gasteiger partial charge in [0, 0.05) is 11.6 Å². The number of carbonyl (C=O) groups is 2. The van der Waals surface area contributed by atoms with E-state index in [4.69, 9.17) is 21.1 Å². The molecule has 0 fully saturated rings. The predicted octanol–water partition coefficient (Wildman–Crippen LogP) is 3.99. The summed E-state index contributed by atoms with van der Waals surface area (Å²) in [6, 6.07) is 15.6. The number of nitrogens with one attached hydrogen (secondary N) is 1. The molecule has 1 atom stereocenters. The van der Waals surface area contributed by atoms with E-state index in [1.54, 1.807) is 43.3 Å². The highest BCUT2D eigenvalue weighted by Gasteiger charge is 2.24. The Morgan fingerprint density at radius 3 is 2.41 bits per heavy atom. The van der Waals surface area contributed by atoms with E-state index >= 15 is 0 Å². The molecule has 0 aliphatic heterocycles. The van der Waals surface area contributed by atoms with Crippen LogP contribution >= 0.6 is 11.6 Å². The van der Waals surface area contributed by atoms with Gasteiger partial charge in [-0.1, -0.05) is 35.9 Å². The normalized spacial score (nSPS) is 12.1. The number of aryl methyl sites for hydroxylation is 1. The Morgan fingerprint density at radius 2 is 1.77 bits per heavy atom. The molecule has 9 nitrogen and oxygen atoms in total. The molecule has 0 aliphatic carbocycles. The molecule has 39 heavy (non-hydrogen) atoms. The van der Waals surface area contributed by atoms with Crippen molar-refractivity contribution >= 4 is 33.4 Å². The van der Waals surface area contributed by atoms with Crippen molar-refractivity contribution in [1.29, 1.82) is 0 Å². The van der Waals surface area contributed by atoms with Gasteiger partial charge in [0.05, 0.1) is 22.5 Å². The van der Waals surface area contributed by atoms with Gasteiger partial charge in [-0.2, -0.15) is 0 Å². The van der Waals surface area contributed by atoms with Gasteiger partial charge in [-0.05, 0) is 79.9 Å². The summed E-state index contributed by atoms with van der Waals surface area (Å²) in [4.78, 5) is 23.3. The lowest BCUT2D eigenvalue weighted by Crippen LogP contribution is -2.23. The fourth-order valence-electron chi connectivity index (χ4n) is 3.85. The minimum absolute atomic E-state index is 0.00604. The first kappa shape index (κ1) is 30.1. The Bertz CT molecular complexity index is 1420. The average molecular weight is 576 g/mol. The Morgan fingerprint density at radius 1 is 1.05 bits per heavy atom. The van der Waals surface area contributed by atoms with Crippen molar-refractivity contribution in [3.05, 3.63) is 87.9 Å². The predicted molar refractivity (Wildman–Crippen MR) is 145 cm³/mol. The maximum absolute atomic E-state index is 13.3. The maximum atomic E-state index is 13.3. The summed E-state index contributed by atoms with van der Waals surface area (Å²) in [5.74, 6) is -2.16. The Hall–Kier alpha value is -3.44. The number of carboxylic acid groups (broad SMARTS) is 1. The molecule has 0 saturated heterocycles. The summed E-state index contributed by atoms with van der Waals surface area (Å²) >= 11 is 5.96. The van der Waals surface area contributed by atoms with Gasteiger partial charge in [0.2, 0.25) is 9.84 Å². The van der Waals surface area contributed by atoms with Gasteiger partial charge >= 0.3 is 11.9 Å². The molecule has 0 bridgehead atoms. The van der Waals surface area contributed by atoms with Crippen LogP contribution in [0.25, 0.3) is 0 Å². The second-order valence-electron chi connectivity index (χ2n) is 8.69. The van der Waals surface area contributed by atoms with Gasteiger partial charge in [-0.25, -0.2) is 18.0 Å². The van der Waals surface area contributed by atoms with Crippen LogP contribution in [-0.4, -0.2) is 56.9 Å². The van der Waals surface area contributed by atoms with Crippen LogP contribution in [0.5, 0.6) is 5.75 Å². The third-order valence-corrected chi connectivity index (χ3v) is 7.81. The molecule has 0 aliphatic rings. The van der Waals surface area contributed by atoms with Crippen LogP contribution in [-0.2, 0) is 25.8 Å². The molecule has 0 amide bonds. The van der Waals surface area contributed by atoms with E-state index < -0.39 is 34.5 Å². The van der Waals surface area contributed by atoms with Crippen molar-refractivity contribution in [1.82, 2.24) is 5.32 Å². The smallest absolute Gasteiger partial charge is 0.344 e. The summed E-state index contributed by atoms with van der Waals surface area (Å²) in [5.41, 5.74) is 1.47. The fourth-order valence-corrected chi connectivity index (χ4v) is 5.42. The number of esters is 1. The molecule has 11 heteroatoms. The summed E-state index contributed by atoms with van der Waals surface area (Å²) in [7, 11) is -4.03. The quantitative estimate of drug-likeness (QED) is 0.204. The Kier molecular flexibility index (Phi) is 10.5. The van der Waals surface area contributed by atoms with E-state index in [2.05, 4.69) is 5.32 Å². The largest absolute Gasteiger partial charge is 0.481 e. The van der Waals surface area contributed by atoms with Gasteiger partial charge in [0.1, 0.15) is 11.3 Å². The zero-order valence-corrected chi connectivity index (χ0v) is 23.1. The van der Waals surface area contributed by atoms with Gasteiger partial charge in [0.25, 0.3) is 0 Å². The van der Waals surface area contributed by atoms with Crippen molar-refractivity contribution < 1.29 is 37.7 Å². The highest BCUT2D eigenvalue weighted by molar-refractivity contribution is 7.91. The number of benzene rings is 3. The lowest BCUT2D eigenvalue weighted by atomic mass is 10.1. The molecule has 0 radical (unpaired) electrons. The number of hydrogen-bond donors (Lipinski definition) is 3. The number of aliphatic hydroxyl groups excluding tert-OH is 1. The monoisotopic (exact) mass is 575 g/mol. The number of sulfone groups is 1. The average Bonchev–Trinajstić information content (AvgIpc) is 2.90. The summed E-state index contributed by atoms with van der Waals surface area (Å²) < 4.78 is 36.7. The minimum atomic E-state index is -4.03. The number of carboxylic acids is 1. The van der Waals surface area contributed by atoms with Crippen LogP contribution in [0.2, 0.25) is 5.02 Å². The van der Waals surface area contributed by atoms with Crippen LogP contribution in [0.4, 0.5) is 0 Å². The van der Waals surface area contributed by atoms with Crippen LogP contribution in [0.1, 0.15) is 40.1 Å².